The molecule has 6 aliphatic heterocycles. The molecule has 0 amide bonds. The van der Waals surface area contributed by atoms with Crippen molar-refractivity contribution >= 4 is 130 Å². The predicted molar refractivity (Wildman–Crippen MR) is 512 cm³/mol. The fraction of sp³-hybridized carbons (Fsp3) is 0.0345. The quantitative estimate of drug-likeness (QED) is 0.146. The first-order valence-electron chi connectivity index (χ1n) is 44.5. The van der Waals surface area contributed by atoms with Crippen LogP contribution in [-0.2, 0) is 23.1 Å². The molecule has 9 heterocycles. The molecule has 10 aliphatic rings. The second-order valence-electron chi connectivity index (χ2n) is 35.9. The minimum atomic E-state index is -1.41. The Morgan fingerprint density at radius 2 is 0.318 bits per heavy atom. The van der Waals surface area contributed by atoms with Crippen molar-refractivity contribution in [2.45, 2.75) is 23.1 Å². The van der Waals surface area contributed by atoms with Gasteiger partial charge in [0.05, 0.1) is 0 Å². The van der Waals surface area contributed by atoms with Crippen molar-refractivity contribution in [2.24, 2.45) is 0 Å². The zero-order valence-electron chi connectivity index (χ0n) is 69.3. The van der Waals surface area contributed by atoms with Crippen LogP contribution in [0, 0.1) is 0 Å². The molecule has 132 heavy (non-hydrogen) atoms. The Hall–Kier alpha value is -17.8. The van der Waals surface area contributed by atoms with Gasteiger partial charge in [-0.2, -0.15) is 0 Å². The fourth-order valence-electron chi connectivity index (χ4n) is 23.8. The molecule has 0 fully saturated rings. The number of aromatic amines is 2. The molecule has 2 N–H and O–H groups in total. The lowest BCUT2D eigenvalue weighted by Crippen LogP contribution is -2.34. The van der Waals surface area contributed by atoms with Crippen molar-refractivity contribution < 1.29 is 37.9 Å². The third kappa shape index (κ3) is 8.42. The maximum atomic E-state index is 7.62. The highest BCUT2D eigenvalue weighted by Gasteiger charge is 2.59. The van der Waals surface area contributed by atoms with Gasteiger partial charge >= 0.3 is 23.1 Å². The first kappa shape index (κ1) is 68.5. The van der Waals surface area contributed by atoms with Gasteiger partial charge in [0.25, 0.3) is 0 Å². The van der Waals surface area contributed by atoms with Gasteiger partial charge in [-0.3, -0.25) is 0 Å². The van der Waals surface area contributed by atoms with Gasteiger partial charge in [0.1, 0.15) is 22.6 Å². The molecule has 23 aromatic rings. The second-order valence-corrected chi connectivity index (χ2v) is 35.9. The van der Waals surface area contributed by atoms with Crippen LogP contribution in [0.15, 0.2) is 340 Å². The number of benzene rings is 20. The van der Waals surface area contributed by atoms with E-state index in [9.17, 15) is 0 Å². The van der Waals surface area contributed by atoms with E-state index < -0.39 is 23.1 Å². The van der Waals surface area contributed by atoms with Crippen LogP contribution in [-0.4, -0.2) is 39.9 Å². The van der Waals surface area contributed by atoms with E-state index in [4.69, 9.17) is 67.8 Å². The summed E-state index contributed by atoms with van der Waals surface area (Å²) in [5, 5.41) is 20.2. The molecule has 0 saturated carbocycles. The molecular weight excluding hydrogens is 1630 g/mol. The molecule has 33 rings (SSSR count). The molecule has 0 radical (unpaired) electrons. The summed E-state index contributed by atoms with van der Waals surface area (Å²) < 4.78 is 61.0. The molecule has 3 aromatic heterocycles. The summed E-state index contributed by atoms with van der Waals surface area (Å²) in [7, 11) is 0. The van der Waals surface area contributed by atoms with Gasteiger partial charge in [-0.15, -0.1) is 0 Å². The Morgan fingerprint density at radius 1 is 0.159 bits per heavy atom. The summed E-state index contributed by atoms with van der Waals surface area (Å²) in [5.74, 6) is -0.397. The Kier molecular flexibility index (Phi) is 12.2. The lowest BCUT2D eigenvalue weighted by Gasteiger charge is -2.25. The van der Waals surface area contributed by atoms with Crippen LogP contribution in [0.1, 0.15) is 44.5 Å². The van der Waals surface area contributed by atoms with Crippen LogP contribution in [0.3, 0.4) is 0 Å². The van der Waals surface area contributed by atoms with Crippen molar-refractivity contribution in [3.05, 3.63) is 384 Å². The third-order valence-electron chi connectivity index (χ3n) is 29.4. The first-order chi connectivity index (χ1) is 65.2. The maximum Gasteiger partial charge on any atom is 0.306 e. The van der Waals surface area contributed by atoms with E-state index in [1.807, 2.05) is 48.5 Å². The van der Waals surface area contributed by atoms with Crippen LogP contribution < -0.4 is 37.9 Å². The molecular formula is C116H58N8O8. The third-order valence-corrected chi connectivity index (χ3v) is 29.4. The van der Waals surface area contributed by atoms with Gasteiger partial charge < -0.3 is 47.9 Å². The van der Waals surface area contributed by atoms with E-state index >= 15 is 0 Å². The summed E-state index contributed by atoms with van der Waals surface area (Å²) in [6, 6.07) is 119. The SMILES string of the molecule is c1ccc2c3c(ccc2c1)C1(Oc2cc4c(cc2O1)-c1nc-4nc2[nH]c(nc4nc(nc5[nH]c(n1)c1cc6c(cc51)OC1(O6)c5ccc6ccccc6c5-c5c1ccc1ccccc51)-c1cc5c(cc1-4)OC1(O5)c4ccc5ccccc5c4-c4c1ccc1ccccc41)c1cc4c(cc21)OC1(O4)c2ccc4ccccc4c2-c2c1ccc1ccccc21)c1ccc2ccccc2c1-3. The molecule has 16 nitrogen and oxygen atoms in total. The number of rotatable bonds is 0. The summed E-state index contributed by atoms with van der Waals surface area (Å²) in [4.78, 5) is 41.9. The van der Waals surface area contributed by atoms with Crippen molar-refractivity contribution in [3.8, 4) is 136 Å². The molecule has 0 unspecified atom stereocenters. The van der Waals surface area contributed by atoms with E-state index in [0.717, 1.165) is 175 Å². The molecule has 4 spiro atoms. The number of ether oxygens (including phenoxy) is 8. The smallest absolute Gasteiger partial charge is 0.306 e. The Bertz CT molecular complexity index is 8680. The van der Waals surface area contributed by atoms with Gasteiger partial charge in [0.15, 0.2) is 69.3 Å². The van der Waals surface area contributed by atoms with Crippen LogP contribution >= 0.6 is 0 Å². The van der Waals surface area contributed by atoms with Crippen LogP contribution in [0.25, 0.3) is 220 Å². The van der Waals surface area contributed by atoms with E-state index in [0.29, 0.717) is 136 Å². The Balaban J connectivity index is 0.639. The molecule has 20 aromatic carbocycles. The number of H-pyrrole nitrogens is 2. The predicted octanol–water partition coefficient (Wildman–Crippen LogP) is 26.7. The van der Waals surface area contributed by atoms with E-state index in [-0.39, 0.29) is 0 Å². The number of hydrogen-bond acceptors (Lipinski definition) is 14. The average Bonchev–Trinajstić information content (AvgIpc) is 1.54. The number of hydrogen-bond donors (Lipinski definition) is 2. The van der Waals surface area contributed by atoms with Gasteiger partial charge in [0, 0.05) is 133 Å². The summed E-state index contributed by atoms with van der Waals surface area (Å²) >= 11 is 0. The first-order valence-corrected chi connectivity index (χ1v) is 44.5. The minimum absolute atomic E-state index is 0.324. The lowest BCUT2D eigenvalue weighted by atomic mass is 9.94. The number of nitrogens with zero attached hydrogens (tertiary/aromatic N) is 6. The van der Waals surface area contributed by atoms with Crippen molar-refractivity contribution in [2.75, 3.05) is 0 Å². The summed E-state index contributed by atoms with van der Waals surface area (Å²) in [6.07, 6.45) is 0. The zero-order valence-corrected chi connectivity index (χ0v) is 69.3. The van der Waals surface area contributed by atoms with Crippen molar-refractivity contribution in [1.29, 1.82) is 0 Å². The maximum absolute atomic E-state index is 7.62. The highest BCUT2D eigenvalue weighted by atomic mass is 16.8. The van der Waals surface area contributed by atoms with Gasteiger partial charge in [-0.05, 0) is 183 Å². The van der Waals surface area contributed by atoms with Crippen LogP contribution in [0.5, 0.6) is 46.0 Å². The zero-order chi connectivity index (χ0) is 85.2. The Morgan fingerprint density at radius 3 is 0.492 bits per heavy atom. The van der Waals surface area contributed by atoms with Crippen LogP contribution in [0.2, 0.25) is 0 Å². The van der Waals surface area contributed by atoms with Gasteiger partial charge in [-0.1, -0.05) is 243 Å². The molecule has 8 bridgehead atoms. The van der Waals surface area contributed by atoms with E-state index in [1.54, 1.807) is 0 Å². The molecule has 4 aliphatic carbocycles. The number of aromatic nitrogens is 8. The van der Waals surface area contributed by atoms with Gasteiger partial charge in [-0.25, -0.2) is 29.9 Å². The van der Waals surface area contributed by atoms with Crippen LogP contribution in [0.4, 0.5) is 0 Å². The lowest BCUT2D eigenvalue weighted by molar-refractivity contribution is -0.0419. The summed E-state index contributed by atoms with van der Waals surface area (Å²) in [6.45, 7) is 0. The summed E-state index contributed by atoms with van der Waals surface area (Å²) in [5.41, 5.74) is 19.7. The number of nitrogens with one attached hydrogen (secondary N) is 2. The molecule has 16 heteroatoms. The molecule has 610 valence electrons. The minimum Gasteiger partial charge on any atom is -0.440 e. The number of fused-ring (bicyclic) bond motifs is 60. The normalized spacial score (nSPS) is 15.4. The average molecular weight is 1690 g/mol. The topological polar surface area (TPSA) is 183 Å². The van der Waals surface area contributed by atoms with Crippen molar-refractivity contribution in [3.63, 3.8) is 0 Å². The largest absolute Gasteiger partial charge is 0.440 e. The van der Waals surface area contributed by atoms with E-state index in [1.165, 1.54) is 0 Å². The molecule has 0 atom stereocenters. The monoisotopic (exact) mass is 1690 g/mol. The Labute approximate surface area is 746 Å². The van der Waals surface area contributed by atoms with E-state index in [2.05, 4.69) is 301 Å². The standard InChI is InChI=1S/C116H58N8O8/c1-9-25-65-57(17-1)33-41-81-97(65)98-66-26-10-2-18-58(66)34-42-82(98)113(81)125-89-49-73-74(50-90(89)126-113)106-117-105(73)121-107-75-51-91-93(129-114(127-91)83-43-35-59-19-3-11-27-67(59)99(83)100-68-28-12-4-20-60(68)36-44-84(100)114)53-77(75)109(118-107)123-111-79-55-95-96(132-116(131-95)87-47-39-63-23-7-15-31-71(63)103(87)104-72-32-16-8-24-64(72)40-48-88(104)116)56-80(79)112(120-111)124-110-78-54-94-92(52-76(78)108(119-110)122-106)128-115(130-94)85-45-37-61-21-5-13-29-69(61)101(85)102-70-30-14-6-22-62(70)38-46-86(102)115/h1-56H,(H2,117,118,119,120,121,122,123,124). The fourth-order valence-corrected chi connectivity index (χ4v) is 23.8. The highest BCUT2D eigenvalue weighted by molar-refractivity contribution is 6.17. The second kappa shape index (κ2) is 23.5. The van der Waals surface area contributed by atoms with Crippen molar-refractivity contribution in [1.82, 2.24) is 39.9 Å². The van der Waals surface area contributed by atoms with Gasteiger partial charge in [0.2, 0.25) is 0 Å². The highest BCUT2D eigenvalue weighted by Crippen LogP contribution is 2.67. The molecule has 0 saturated heterocycles.